The summed E-state index contributed by atoms with van der Waals surface area (Å²) in [6.45, 7) is 2.46. The van der Waals surface area contributed by atoms with Gasteiger partial charge in [0.1, 0.15) is 0 Å². The molecule has 1 fully saturated rings. The molecule has 1 aromatic rings. The van der Waals surface area contributed by atoms with Crippen molar-refractivity contribution in [1.29, 1.82) is 0 Å². The lowest BCUT2D eigenvalue weighted by molar-refractivity contribution is 0.173. The van der Waals surface area contributed by atoms with Crippen molar-refractivity contribution in [3.05, 3.63) is 21.7 Å². The third-order valence-electron chi connectivity index (χ3n) is 3.58. The molecule has 2 aliphatic rings. The third kappa shape index (κ3) is 1.93. The van der Waals surface area contributed by atoms with E-state index in [2.05, 4.69) is 28.9 Å². The molecule has 1 aliphatic carbocycles. The van der Waals surface area contributed by atoms with Crippen LogP contribution >= 0.6 is 15.9 Å². The van der Waals surface area contributed by atoms with E-state index in [4.69, 9.17) is 15.2 Å². The summed E-state index contributed by atoms with van der Waals surface area (Å²) in [5, 5.41) is 0. The molecule has 1 aliphatic heterocycles. The van der Waals surface area contributed by atoms with E-state index in [9.17, 15) is 0 Å². The van der Waals surface area contributed by atoms with Gasteiger partial charge in [-0.05, 0) is 53.2 Å². The smallest absolute Gasteiger partial charge is 0.231 e. The van der Waals surface area contributed by atoms with Crippen LogP contribution in [0.3, 0.4) is 0 Å². The quantitative estimate of drug-likeness (QED) is 0.933. The molecule has 1 aromatic carbocycles. The zero-order valence-electron chi connectivity index (χ0n) is 9.88. The molecule has 0 saturated heterocycles. The fraction of sp³-hybridized carbons (Fsp3) is 0.538. The van der Waals surface area contributed by atoms with Crippen LogP contribution in [0.2, 0.25) is 0 Å². The highest BCUT2D eigenvalue weighted by Crippen LogP contribution is 2.46. The molecule has 3 nitrogen and oxygen atoms in total. The number of fused-ring (bicyclic) bond motifs is 1. The SMILES string of the molecule is CCc1c(CC2(N)CC2)cc(Br)c2c1OCO2. The Hall–Kier alpha value is -0.740. The third-order valence-corrected chi connectivity index (χ3v) is 4.17. The zero-order valence-corrected chi connectivity index (χ0v) is 11.5. The van der Waals surface area contributed by atoms with Crippen LogP contribution < -0.4 is 15.2 Å². The molecule has 17 heavy (non-hydrogen) atoms. The van der Waals surface area contributed by atoms with Crippen molar-refractivity contribution >= 4 is 15.9 Å². The molecule has 92 valence electrons. The average molecular weight is 298 g/mol. The molecular formula is C13H16BrNO2. The molecule has 0 atom stereocenters. The number of halogens is 1. The summed E-state index contributed by atoms with van der Waals surface area (Å²) in [4.78, 5) is 0. The Morgan fingerprint density at radius 2 is 2.06 bits per heavy atom. The molecular weight excluding hydrogens is 282 g/mol. The van der Waals surface area contributed by atoms with Crippen molar-refractivity contribution in [3.8, 4) is 11.5 Å². The van der Waals surface area contributed by atoms with E-state index >= 15 is 0 Å². The first-order valence-corrected chi connectivity index (χ1v) is 6.81. The topological polar surface area (TPSA) is 44.5 Å². The number of ether oxygens (including phenoxy) is 2. The van der Waals surface area contributed by atoms with Gasteiger partial charge < -0.3 is 15.2 Å². The molecule has 0 amide bonds. The minimum Gasteiger partial charge on any atom is -0.453 e. The maximum atomic E-state index is 6.21. The van der Waals surface area contributed by atoms with Crippen LogP contribution in [-0.4, -0.2) is 12.3 Å². The van der Waals surface area contributed by atoms with Gasteiger partial charge in [-0.15, -0.1) is 0 Å². The van der Waals surface area contributed by atoms with E-state index in [-0.39, 0.29) is 5.54 Å². The van der Waals surface area contributed by atoms with Gasteiger partial charge in [0.2, 0.25) is 6.79 Å². The minimum atomic E-state index is 0.0249. The zero-order chi connectivity index (χ0) is 12.0. The highest BCUT2D eigenvalue weighted by Gasteiger charge is 2.39. The fourth-order valence-electron chi connectivity index (χ4n) is 2.39. The second kappa shape index (κ2) is 3.89. The van der Waals surface area contributed by atoms with E-state index in [1.807, 2.05) is 0 Å². The van der Waals surface area contributed by atoms with Gasteiger partial charge in [-0.3, -0.25) is 0 Å². The minimum absolute atomic E-state index is 0.0249. The van der Waals surface area contributed by atoms with Gasteiger partial charge in [-0.2, -0.15) is 0 Å². The second-order valence-corrected chi connectivity index (χ2v) is 5.81. The molecule has 0 bridgehead atoms. The number of benzene rings is 1. The van der Waals surface area contributed by atoms with Gasteiger partial charge in [0.05, 0.1) is 4.47 Å². The Morgan fingerprint density at radius 3 is 2.71 bits per heavy atom. The lowest BCUT2D eigenvalue weighted by atomic mass is 9.96. The number of hydrogen-bond donors (Lipinski definition) is 1. The van der Waals surface area contributed by atoms with Gasteiger partial charge >= 0.3 is 0 Å². The molecule has 0 aromatic heterocycles. The summed E-state index contributed by atoms with van der Waals surface area (Å²) < 4.78 is 12.0. The normalized spacial score (nSPS) is 19.5. The molecule has 4 heteroatoms. The molecule has 1 saturated carbocycles. The van der Waals surface area contributed by atoms with Crippen LogP contribution in [-0.2, 0) is 12.8 Å². The van der Waals surface area contributed by atoms with Crippen LogP contribution in [0, 0.1) is 0 Å². The van der Waals surface area contributed by atoms with Crippen LogP contribution in [0.4, 0.5) is 0 Å². The Kier molecular flexibility index (Phi) is 2.60. The van der Waals surface area contributed by atoms with Crippen molar-refractivity contribution in [3.63, 3.8) is 0 Å². The summed E-state index contributed by atoms with van der Waals surface area (Å²) >= 11 is 3.54. The lowest BCUT2D eigenvalue weighted by Crippen LogP contribution is -2.25. The van der Waals surface area contributed by atoms with Crippen LogP contribution in [0.5, 0.6) is 11.5 Å². The van der Waals surface area contributed by atoms with E-state index in [1.54, 1.807) is 0 Å². The first-order valence-electron chi connectivity index (χ1n) is 6.02. The van der Waals surface area contributed by atoms with Gasteiger partial charge in [0.15, 0.2) is 11.5 Å². The highest BCUT2D eigenvalue weighted by atomic mass is 79.9. The van der Waals surface area contributed by atoms with Crippen molar-refractivity contribution in [2.75, 3.05) is 6.79 Å². The summed E-state index contributed by atoms with van der Waals surface area (Å²) in [6, 6.07) is 2.14. The van der Waals surface area contributed by atoms with E-state index < -0.39 is 0 Å². The van der Waals surface area contributed by atoms with Crippen molar-refractivity contribution in [1.82, 2.24) is 0 Å². The van der Waals surface area contributed by atoms with Gasteiger partial charge in [0.25, 0.3) is 0 Å². The highest BCUT2D eigenvalue weighted by molar-refractivity contribution is 9.10. The second-order valence-electron chi connectivity index (χ2n) is 4.95. The Bertz CT molecular complexity index is 469. The summed E-state index contributed by atoms with van der Waals surface area (Å²) in [7, 11) is 0. The maximum absolute atomic E-state index is 6.21. The molecule has 0 spiro atoms. The molecule has 0 radical (unpaired) electrons. The van der Waals surface area contributed by atoms with Crippen LogP contribution in [0.1, 0.15) is 30.9 Å². The first-order chi connectivity index (χ1) is 8.13. The number of rotatable bonds is 3. The van der Waals surface area contributed by atoms with E-state index in [0.29, 0.717) is 6.79 Å². The Morgan fingerprint density at radius 1 is 1.35 bits per heavy atom. The Balaban J connectivity index is 2.05. The molecule has 2 N–H and O–H groups in total. The van der Waals surface area contributed by atoms with Gasteiger partial charge in [-0.1, -0.05) is 6.92 Å². The standard InChI is InChI=1S/C13H16BrNO2/c1-2-9-8(6-13(15)3-4-13)5-10(14)12-11(9)16-7-17-12/h5H,2-4,6-7,15H2,1H3. The molecule has 3 rings (SSSR count). The predicted molar refractivity (Wildman–Crippen MR) is 69.5 cm³/mol. The first kappa shape index (κ1) is 11.4. The summed E-state index contributed by atoms with van der Waals surface area (Å²) in [6.07, 6.45) is 4.14. The summed E-state index contributed by atoms with van der Waals surface area (Å²) in [5.74, 6) is 1.74. The van der Waals surface area contributed by atoms with E-state index in [0.717, 1.165) is 41.7 Å². The molecule has 0 unspecified atom stereocenters. The number of hydrogen-bond acceptors (Lipinski definition) is 3. The van der Waals surface area contributed by atoms with Crippen molar-refractivity contribution in [2.24, 2.45) is 5.73 Å². The monoisotopic (exact) mass is 297 g/mol. The van der Waals surface area contributed by atoms with Crippen molar-refractivity contribution < 1.29 is 9.47 Å². The maximum Gasteiger partial charge on any atom is 0.231 e. The lowest BCUT2D eigenvalue weighted by Gasteiger charge is -2.15. The van der Waals surface area contributed by atoms with Gasteiger partial charge in [0, 0.05) is 11.1 Å². The summed E-state index contributed by atoms with van der Waals surface area (Å²) in [5.41, 5.74) is 8.78. The molecule has 1 heterocycles. The van der Waals surface area contributed by atoms with Crippen LogP contribution in [0.25, 0.3) is 0 Å². The van der Waals surface area contributed by atoms with E-state index in [1.165, 1.54) is 11.1 Å². The fourth-order valence-corrected chi connectivity index (χ4v) is 2.96. The van der Waals surface area contributed by atoms with Gasteiger partial charge in [-0.25, -0.2) is 0 Å². The largest absolute Gasteiger partial charge is 0.453 e. The van der Waals surface area contributed by atoms with Crippen molar-refractivity contribution in [2.45, 2.75) is 38.1 Å². The Labute approximate surface area is 109 Å². The number of nitrogens with two attached hydrogens (primary N) is 1. The predicted octanol–water partition coefficient (Wildman–Crippen LogP) is 2.77. The van der Waals surface area contributed by atoms with Crippen LogP contribution in [0.15, 0.2) is 10.5 Å². The average Bonchev–Trinajstić information content (AvgIpc) is 2.81.